The molecule has 37 heavy (non-hydrogen) atoms. The summed E-state index contributed by atoms with van der Waals surface area (Å²) < 4.78 is 39.0. The van der Waals surface area contributed by atoms with Gasteiger partial charge in [-0.25, -0.2) is 0 Å². The van der Waals surface area contributed by atoms with E-state index in [0.717, 1.165) is 5.56 Å². The molecule has 3 aromatic rings. The molecule has 0 N–H and O–H groups in total. The lowest BCUT2D eigenvalue weighted by Gasteiger charge is -2.26. The molecule has 188 valence electrons. The predicted molar refractivity (Wildman–Crippen MR) is 130 cm³/mol. The van der Waals surface area contributed by atoms with Crippen LogP contribution in [0.2, 0.25) is 0 Å². The highest BCUT2D eigenvalue weighted by molar-refractivity contribution is 6.15. The molecule has 3 aromatic carbocycles. The van der Waals surface area contributed by atoms with Crippen molar-refractivity contribution in [2.75, 3.05) is 28.1 Å². The van der Waals surface area contributed by atoms with Crippen molar-refractivity contribution in [3.8, 4) is 40.2 Å². The number of rotatable bonds is 5. The molecule has 0 spiro atoms. The van der Waals surface area contributed by atoms with Gasteiger partial charge in [0, 0.05) is 23.1 Å². The molecule has 0 saturated carbocycles. The number of ketones is 1. The lowest BCUT2D eigenvalue weighted by Crippen LogP contribution is -2.21. The van der Waals surface area contributed by atoms with Gasteiger partial charge in [-0.3, -0.25) is 9.59 Å². The SMILES string of the molecule is COc1ccc(/C=C2\Oc3c(ccc4c3C(c3cc(OC)c5c(c3)OCO5)CC(=O)O4)C2=O)c(OC)c1. The van der Waals surface area contributed by atoms with Crippen LogP contribution in [-0.2, 0) is 4.79 Å². The number of Topliss-reactive ketones (excluding diaryl/α,β-unsaturated/α-hetero) is 1. The van der Waals surface area contributed by atoms with E-state index >= 15 is 0 Å². The Morgan fingerprint density at radius 1 is 0.838 bits per heavy atom. The number of allylic oxidation sites excluding steroid dienone is 1. The molecular formula is C28H22O9. The smallest absolute Gasteiger partial charge is 0.312 e. The fourth-order valence-electron chi connectivity index (χ4n) is 4.82. The molecule has 0 fully saturated rings. The molecule has 0 bridgehead atoms. The van der Waals surface area contributed by atoms with Crippen molar-refractivity contribution < 1.29 is 42.7 Å². The number of ether oxygens (including phenoxy) is 7. The van der Waals surface area contributed by atoms with Crippen molar-refractivity contribution in [2.45, 2.75) is 12.3 Å². The lowest BCUT2D eigenvalue weighted by atomic mass is 9.84. The van der Waals surface area contributed by atoms with E-state index in [1.807, 2.05) is 6.07 Å². The van der Waals surface area contributed by atoms with Crippen LogP contribution in [0.4, 0.5) is 0 Å². The minimum absolute atomic E-state index is 0.0507. The van der Waals surface area contributed by atoms with Crippen molar-refractivity contribution in [3.63, 3.8) is 0 Å². The zero-order valence-electron chi connectivity index (χ0n) is 20.3. The fraction of sp³-hybridized carbons (Fsp3) is 0.214. The van der Waals surface area contributed by atoms with Gasteiger partial charge in [0.05, 0.1) is 33.3 Å². The quantitative estimate of drug-likeness (QED) is 0.284. The second-order valence-electron chi connectivity index (χ2n) is 8.59. The first kappa shape index (κ1) is 22.8. The first-order valence-corrected chi connectivity index (χ1v) is 11.5. The second-order valence-corrected chi connectivity index (χ2v) is 8.59. The number of benzene rings is 3. The van der Waals surface area contributed by atoms with Crippen molar-refractivity contribution in [1.29, 1.82) is 0 Å². The van der Waals surface area contributed by atoms with Gasteiger partial charge in [0.15, 0.2) is 17.3 Å². The summed E-state index contributed by atoms with van der Waals surface area (Å²) in [7, 11) is 4.64. The van der Waals surface area contributed by atoms with E-state index in [-0.39, 0.29) is 24.8 Å². The maximum Gasteiger partial charge on any atom is 0.312 e. The first-order valence-electron chi connectivity index (χ1n) is 11.5. The Morgan fingerprint density at radius 3 is 2.46 bits per heavy atom. The third-order valence-corrected chi connectivity index (χ3v) is 6.59. The van der Waals surface area contributed by atoms with E-state index in [0.29, 0.717) is 56.9 Å². The van der Waals surface area contributed by atoms with E-state index in [2.05, 4.69) is 0 Å². The Hall–Kier alpha value is -4.66. The topological polar surface area (TPSA) is 98.8 Å². The highest BCUT2D eigenvalue weighted by Gasteiger charge is 2.39. The Bertz CT molecular complexity index is 1490. The average molecular weight is 502 g/mol. The van der Waals surface area contributed by atoms with Gasteiger partial charge in [0.2, 0.25) is 18.3 Å². The monoisotopic (exact) mass is 502 g/mol. The van der Waals surface area contributed by atoms with E-state index in [4.69, 9.17) is 33.2 Å². The van der Waals surface area contributed by atoms with Gasteiger partial charge in [-0.05, 0) is 48.0 Å². The van der Waals surface area contributed by atoms with Crippen molar-refractivity contribution in [3.05, 3.63) is 70.5 Å². The Balaban J connectivity index is 1.45. The van der Waals surface area contributed by atoms with Crippen molar-refractivity contribution >= 4 is 17.8 Å². The van der Waals surface area contributed by atoms with Crippen LogP contribution in [0, 0.1) is 0 Å². The number of hydrogen-bond donors (Lipinski definition) is 0. The summed E-state index contributed by atoms with van der Waals surface area (Å²) >= 11 is 0. The predicted octanol–water partition coefficient (Wildman–Crippen LogP) is 4.50. The number of carbonyl (C=O) groups excluding carboxylic acids is 2. The minimum atomic E-state index is -0.461. The number of esters is 1. The summed E-state index contributed by atoms with van der Waals surface area (Å²) in [5, 5.41) is 0. The number of carbonyl (C=O) groups is 2. The zero-order chi connectivity index (χ0) is 25.7. The standard InChI is InChI=1S/C28H22O9/c1-31-16-5-4-14(20(11-16)32-2)8-21-26(30)17-6-7-19-25(27(17)37-21)18(12-24(29)36-19)15-9-22(33-3)28-23(10-15)34-13-35-28/h4-11,18H,12-13H2,1-3H3/b21-8-. The largest absolute Gasteiger partial charge is 0.497 e. The van der Waals surface area contributed by atoms with E-state index < -0.39 is 11.9 Å². The van der Waals surface area contributed by atoms with Crippen molar-refractivity contribution in [2.24, 2.45) is 0 Å². The fourth-order valence-corrected chi connectivity index (χ4v) is 4.82. The summed E-state index contributed by atoms with van der Waals surface area (Å²) in [4.78, 5) is 25.9. The van der Waals surface area contributed by atoms with Gasteiger partial charge >= 0.3 is 5.97 Å². The van der Waals surface area contributed by atoms with E-state index in [9.17, 15) is 9.59 Å². The van der Waals surface area contributed by atoms with Crippen molar-refractivity contribution in [1.82, 2.24) is 0 Å². The number of fused-ring (bicyclic) bond motifs is 4. The van der Waals surface area contributed by atoms with Crippen LogP contribution in [0.3, 0.4) is 0 Å². The molecule has 0 amide bonds. The van der Waals surface area contributed by atoms with Crippen LogP contribution >= 0.6 is 0 Å². The lowest BCUT2D eigenvalue weighted by molar-refractivity contribution is -0.135. The van der Waals surface area contributed by atoms with Gasteiger partial charge in [-0.1, -0.05) is 0 Å². The molecule has 9 heteroatoms. The van der Waals surface area contributed by atoms with Crippen LogP contribution < -0.4 is 33.2 Å². The molecule has 9 nitrogen and oxygen atoms in total. The molecule has 6 rings (SSSR count). The molecule has 0 aromatic heterocycles. The van der Waals surface area contributed by atoms with Gasteiger partial charge in [-0.15, -0.1) is 0 Å². The number of hydrogen-bond acceptors (Lipinski definition) is 9. The van der Waals surface area contributed by atoms with Gasteiger partial charge in [0.1, 0.15) is 23.0 Å². The second kappa shape index (κ2) is 8.77. The van der Waals surface area contributed by atoms with Crippen LogP contribution in [0.25, 0.3) is 6.08 Å². The maximum atomic E-state index is 13.3. The molecule has 3 aliphatic rings. The summed E-state index contributed by atoms with van der Waals surface area (Å²) in [5.41, 5.74) is 2.39. The Kier molecular flexibility index (Phi) is 5.40. The molecular weight excluding hydrogens is 480 g/mol. The molecule has 0 radical (unpaired) electrons. The van der Waals surface area contributed by atoms with Crippen LogP contribution in [-0.4, -0.2) is 39.9 Å². The highest BCUT2D eigenvalue weighted by Crippen LogP contribution is 2.52. The van der Waals surface area contributed by atoms with E-state index in [1.165, 1.54) is 14.2 Å². The molecule has 3 heterocycles. The molecule has 0 aliphatic carbocycles. The highest BCUT2D eigenvalue weighted by atomic mass is 16.7. The third-order valence-electron chi connectivity index (χ3n) is 6.59. The molecule has 0 saturated heterocycles. The van der Waals surface area contributed by atoms with Gasteiger partial charge in [-0.2, -0.15) is 0 Å². The van der Waals surface area contributed by atoms with Gasteiger partial charge < -0.3 is 33.2 Å². The molecule has 1 atom stereocenters. The third kappa shape index (κ3) is 3.70. The maximum absolute atomic E-state index is 13.3. The normalized spacial score (nSPS) is 18.1. The minimum Gasteiger partial charge on any atom is -0.497 e. The van der Waals surface area contributed by atoms with Crippen LogP contribution in [0.15, 0.2) is 48.2 Å². The van der Waals surface area contributed by atoms with Gasteiger partial charge in [0.25, 0.3) is 0 Å². The Morgan fingerprint density at radius 2 is 1.68 bits per heavy atom. The summed E-state index contributed by atoms with van der Waals surface area (Å²) in [6.45, 7) is 0.0778. The van der Waals surface area contributed by atoms with E-state index in [1.54, 1.807) is 49.6 Å². The van der Waals surface area contributed by atoms with Crippen LogP contribution in [0.1, 0.15) is 39.4 Å². The Labute approximate surface area is 212 Å². The van der Waals surface area contributed by atoms with Crippen LogP contribution in [0.5, 0.6) is 40.2 Å². The summed E-state index contributed by atoms with van der Waals surface area (Å²) in [5.74, 6) is 2.36. The molecule has 3 aliphatic heterocycles. The first-order chi connectivity index (χ1) is 18.0. The summed E-state index contributed by atoms with van der Waals surface area (Å²) in [6.07, 6.45) is 1.68. The summed E-state index contributed by atoms with van der Waals surface area (Å²) in [6, 6.07) is 12.1. The number of methoxy groups -OCH3 is 3. The average Bonchev–Trinajstić information content (AvgIpc) is 3.52. The zero-order valence-corrected chi connectivity index (χ0v) is 20.3. The molecule has 1 unspecified atom stereocenters.